The Balaban J connectivity index is 2.59. The molecule has 1 aromatic rings. The third-order valence-electron chi connectivity index (χ3n) is 1.82. The molecule has 0 N–H and O–H groups in total. The number of ketones is 1. The van der Waals surface area contributed by atoms with Crippen LogP contribution in [0.3, 0.4) is 0 Å². The lowest BCUT2D eigenvalue weighted by Crippen LogP contribution is -2.23. The Hall–Kier alpha value is -1.11. The minimum absolute atomic E-state index is 0.00367. The fourth-order valence-electron chi connectivity index (χ4n) is 0.944. The van der Waals surface area contributed by atoms with Gasteiger partial charge in [-0.15, -0.1) is 0 Å². The van der Waals surface area contributed by atoms with Gasteiger partial charge in [0, 0.05) is 5.56 Å². The van der Waals surface area contributed by atoms with Crippen LogP contribution < -0.4 is 0 Å². The summed E-state index contributed by atoms with van der Waals surface area (Å²) in [5, 5.41) is -4.25. The first kappa shape index (κ1) is 14.0. The number of thioether (sulfide) groups is 1. The monoisotopic (exact) mass is 270 g/mol. The van der Waals surface area contributed by atoms with Crippen LogP contribution in [-0.2, 0) is 0 Å². The van der Waals surface area contributed by atoms with E-state index in [-0.39, 0.29) is 5.56 Å². The highest BCUT2D eigenvalue weighted by Gasteiger charge is 2.41. The minimum atomic E-state index is -4.25. The molecule has 0 aliphatic carbocycles. The molecule has 0 saturated heterocycles. The van der Waals surface area contributed by atoms with Crippen molar-refractivity contribution in [1.29, 1.82) is 0 Å². The first-order valence-electron chi connectivity index (χ1n) is 4.41. The Labute approximate surface area is 98.0 Å². The van der Waals surface area contributed by atoms with E-state index < -0.39 is 40.8 Å². The molecule has 7 heteroatoms. The van der Waals surface area contributed by atoms with Crippen LogP contribution in [0.2, 0.25) is 0 Å². The van der Waals surface area contributed by atoms with Crippen LogP contribution in [0.1, 0.15) is 10.4 Å². The maximum Gasteiger partial charge on any atom is 0.353 e. The molecule has 0 aromatic heterocycles. The van der Waals surface area contributed by atoms with Gasteiger partial charge in [0.15, 0.2) is 5.78 Å². The lowest BCUT2D eigenvalue weighted by molar-refractivity contribution is -0.0562. The fourth-order valence-corrected chi connectivity index (χ4v) is 1.56. The number of hydrogen-bond acceptors (Lipinski definition) is 2. The molecule has 0 saturated carbocycles. The summed E-state index contributed by atoms with van der Waals surface area (Å²) in [7, 11) is 0. The average molecular weight is 270 g/mol. The normalized spacial score (nSPS) is 11.9. The van der Waals surface area contributed by atoms with Gasteiger partial charge in [0.1, 0.15) is 5.82 Å². The first-order chi connectivity index (χ1) is 7.83. The molecule has 94 valence electrons. The molecule has 0 unspecified atom stereocenters. The van der Waals surface area contributed by atoms with E-state index in [0.29, 0.717) is 0 Å². The van der Waals surface area contributed by atoms with Crippen molar-refractivity contribution in [2.24, 2.45) is 0 Å². The Morgan fingerprint density at radius 2 is 1.76 bits per heavy atom. The molecular formula is C10H7F5OS. The molecule has 0 bridgehead atoms. The van der Waals surface area contributed by atoms with Gasteiger partial charge < -0.3 is 0 Å². The van der Waals surface area contributed by atoms with Gasteiger partial charge in [0.2, 0.25) is 0 Å². The summed E-state index contributed by atoms with van der Waals surface area (Å²) in [6, 6.07) is 4.20. The number of alkyl halides is 4. The zero-order valence-electron chi connectivity index (χ0n) is 8.30. The quantitative estimate of drug-likeness (QED) is 0.600. The van der Waals surface area contributed by atoms with Crippen LogP contribution in [0.4, 0.5) is 22.0 Å². The highest BCUT2D eigenvalue weighted by Crippen LogP contribution is 2.35. The average Bonchev–Trinajstić information content (AvgIpc) is 2.27. The Bertz CT molecular complexity index is 390. The summed E-state index contributed by atoms with van der Waals surface area (Å²) in [4.78, 5) is 11.3. The summed E-state index contributed by atoms with van der Waals surface area (Å²) in [5.41, 5.74) is 0.00367. The second kappa shape index (κ2) is 5.48. The summed E-state index contributed by atoms with van der Waals surface area (Å²) in [5.74, 6) is -2.12. The van der Waals surface area contributed by atoms with Crippen LogP contribution in [0.25, 0.3) is 0 Å². The molecule has 1 aromatic carbocycles. The van der Waals surface area contributed by atoms with E-state index in [0.717, 1.165) is 24.3 Å². The number of hydrogen-bond donors (Lipinski definition) is 0. The highest BCUT2D eigenvalue weighted by molar-refractivity contribution is 8.01. The molecule has 0 heterocycles. The number of carbonyl (C=O) groups excluding carboxylic acids is 1. The number of Topliss-reactive ketones (excluding diaryl/α,β-unsaturated/α-hetero) is 1. The van der Waals surface area contributed by atoms with E-state index in [9.17, 15) is 26.7 Å². The zero-order valence-corrected chi connectivity index (χ0v) is 9.12. The van der Waals surface area contributed by atoms with E-state index in [2.05, 4.69) is 0 Å². The third-order valence-corrected chi connectivity index (χ3v) is 2.79. The molecule has 0 atom stereocenters. The van der Waals surface area contributed by atoms with Gasteiger partial charge in [-0.05, 0) is 24.3 Å². The minimum Gasteiger partial charge on any atom is -0.293 e. The van der Waals surface area contributed by atoms with Crippen LogP contribution in [-0.4, -0.2) is 23.2 Å². The lowest BCUT2D eigenvalue weighted by atomic mass is 10.1. The van der Waals surface area contributed by atoms with Crippen molar-refractivity contribution in [2.75, 3.05) is 5.75 Å². The molecular weight excluding hydrogens is 263 g/mol. The van der Waals surface area contributed by atoms with Crippen molar-refractivity contribution < 1.29 is 26.7 Å². The van der Waals surface area contributed by atoms with Crippen molar-refractivity contribution in [1.82, 2.24) is 0 Å². The van der Waals surface area contributed by atoms with Gasteiger partial charge in [-0.25, -0.2) is 13.2 Å². The second-order valence-electron chi connectivity index (χ2n) is 3.08. The number of halogens is 5. The molecule has 0 aliphatic rings. The maximum absolute atomic E-state index is 12.5. The molecule has 1 rings (SSSR count). The van der Waals surface area contributed by atoms with Gasteiger partial charge in [0.05, 0.1) is 5.75 Å². The smallest absolute Gasteiger partial charge is 0.293 e. The predicted molar refractivity (Wildman–Crippen MR) is 54.1 cm³/mol. The number of benzene rings is 1. The molecule has 0 fully saturated rings. The van der Waals surface area contributed by atoms with Gasteiger partial charge >= 0.3 is 11.7 Å². The number of carbonyl (C=O) groups is 1. The summed E-state index contributed by atoms with van der Waals surface area (Å²) in [6.07, 6.45) is -3.83. The van der Waals surface area contributed by atoms with Crippen LogP contribution in [0.15, 0.2) is 24.3 Å². The zero-order chi connectivity index (χ0) is 13.1. The third kappa shape index (κ3) is 3.99. The van der Waals surface area contributed by atoms with Gasteiger partial charge in [0.25, 0.3) is 0 Å². The highest BCUT2D eigenvalue weighted by atomic mass is 32.2. The molecule has 0 amide bonds. The van der Waals surface area contributed by atoms with E-state index in [1.807, 2.05) is 0 Å². The van der Waals surface area contributed by atoms with Crippen molar-refractivity contribution in [3.05, 3.63) is 35.6 Å². The summed E-state index contributed by atoms with van der Waals surface area (Å²) in [6.45, 7) is 0. The van der Waals surface area contributed by atoms with Crippen molar-refractivity contribution >= 4 is 17.5 Å². The second-order valence-corrected chi connectivity index (χ2v) is 4.20. The summed E-state index contributed by atoms with van der Waals surface area (Å²) >= 11 is -0.433. The molecule has 0 aliphatic heterocycles. The first-order valence-corrected chi connectivity index (χ1v) is 5.40. The molecule has 17 heavy (non-hydrogen) atoms. The molecule has 1 nitrogen and oxygen atoms in total. The molecule has 0 spiro atoms. The van der Waals surface area contributed by atoms with E-state index in [1.165, 1.54) is 0 Å². The Morgan fingerprint density at radius 3 is 2.24 bits per heavy atom. The van der Waals surface area contributed by atoms with E-state index in [4.69, 9.17) is 0 Å². The number of rotatable bonds is 5. The van der Waals surface area contributed by atoms with Crippen LogP contribution in [0.5, 0.6) is 0 Å². The SMILES string of the molecule is O=C(CSC(F)(F)C(F)F)c1ccc(F)cc1. The summed E-state index contributed by atoms with van der Waals surface area (Å²) < 4.78 is 61.0. The van der Waals surface area contributed by atoms with Gasteiger partial charge in [-0.2, -0.15) is 8.78 Å². The van der Waals surface area contributed by atoms with Crippen LogP contribution >= 0.6 is 11.8 Å². The largest absolute Gasteiger partial charge is 0.353 e. The lowest BCUT2D eigenvalue weighted by Gasteiger charge is -2.13. The fraction of sp³-hybridized carbons (Fsp3) is 0.300. The van der Waals surface area contributed by atoms with Gasteiger partial charge in [-0.1, -0.05) is 11.8 Å². The topological polar surface area (TPSA) is 17.1 Å². The Kier molecular flexibility index (Phi) is 4.50. The predicted octanol–water partition coefficient (Wildman–Crippen LogP) is 3.60. The van der Waals surface area contributed by atoms with Crippen LogP contribution in [0, 0.1) is 5.82 Å². The van der Waals surface area contributed by atoms with Crippen molar-refractivity contribution in [2.45, 2.75) is 11.7 Å². The van der Waals surface area contributed by atoms with Crippen molar-refractivity contribution in [3.63, 3.8) is 0 Å². The van der Waals surface area contributed by atoms with E-state index in [1.54, 1.807) is 0 Å². The molecule has 0 radical (unpaired) electrons. The standard InChI is InChI=1S/C10H7F5OS/c11-7-3-1-6(2-4-7)8(16)5-17-10(14,15)9(12)13/h1-4,9H,5H2. The maximum atomic E-state index is 12.5. The van der Waals surface area contributed by atoms with Crippen molar-refractivity contribution in [3.8, 4) is 0 Å². The Morgan fingerprint density at radius 1 is 1.24 bits per heavy atom. The van der Waals surface area contributed by atoms with Gasteiger partial charge in [-0.3, -0.25) is 4.79 Å². The van der Waals surface area contributed by atoms with E-state index >= 15 is 0 Å².